The normalized spacial score (nSPS) is 18.0. The standard InChI is InChI=1S/C18H23N3O2S/c1-12(23-3)17-20-14(11-24-17)10-21(2)18(22)16-15-7-5-4-6-13(15)8-9-19-16/h4-7,11-12,16,19H,8-10H2,1-3H3/t12-,16+/m0/s1. The molecule has 24 heavy (non-hydrogen) atoms. The van der Waals surface area contributed by atoms with Gasteiger partial charge in [0.15, 0.2) is 0 Å². The summed E-state index contributed by atoms with van der Waals surface area (Å²) in [5.41, 5.74) is 3.25. The minimum absolute atomic E-state index is 0.0170. The molecule has 1 aromatic heterocycles. The number of likely N-dealkylation sites (N-methyl/N-ethyl adjacent to an activating group) is 1. The third-order valence-corrected chi connectivity index (χ3v) is 5.46. The zero-order chi connectivity index (χ0) is 17.1. The molecular formula is C18H23N3O2S. The summed E-state index contributed by atoms with van der Waals surface area (Å²) in [4.78, 5) is 19.2. The molecular weight excluding hydrogens is 322 g/mol. The van der Waals surface area contributed by atoms with Crippen LogP contribution in [-0.2, 0) is 22.5 Å². The van der Waals surface area contributed by atoms with Crippen LogP contribution in [0.3, 0.4) is 0 Å². The number of ether oxygens (including phenoxy) is 1. The molecule has 128 valence electrons. The van der Waals surface area contributed by atoms with Crippen molar-refractivity contribution in [3.05, 3.63) is 51.5 Å². The highest BCUT2D eigenvalue weighted by atomic mass is 32.1. The fraction of sp³-hybridized carbons (Fsp3) is 0.444. The van der Waals surface area contributed by atoms with Gasteiger partial charge < -0.3 is 15.0 Å². The highest BCUT2D eigenvalue weighted by Crippen LogP contribution is 2.25. The summed E-state index contributed by atoms with van der Waals surface area (Å²) < 4.78 is 5.29. The molecule has 0 radical (unpaired) electrons. The summed E-state index contributed by atoms with van der Waals surface area (Å²) in [5.74, 6) is 0.0801. The number of aromatic nitrogens is 1. The van der Waals surface area contributed by atoms with Crippen molar-refractivity contribution >= 4 is 17.2 Å². The number of benzene rings is 1. The fourth-order valence-corrected chi connectivity index (χ4v) is 3.79. The van der Waals surface area contributed by atoms with Crippen molar-refractivity contribution in [3.8, 4) is 0 Å². The van der Waals surface area contributed by atoms with Gasteiger partial charge in [-0.05, 0) is 24.5 Å². The van der Waals surface area contributed by atoms with E-state index in [4.69, 9.17) is 4.74 Å². The van der Waals surface area contributed by atoms with Gasteiger partial charge in [-0.25, -0.2) is 4.98 Å². The Hall–Kier alpha value is -1.76. The van der Waals surface area contributed by atoms with E-state index in [9.17, 15) is 4.79 Å². The number of nitrogens with one attached hydrogen (secondary N) is 1. The van der Waals surface area contributed by atoms with Gasteiger partial charge in [-0.1, -0.05) is 24.3 Å². The molecule has 5 nitrogen and oxygen atoms in total. The molecule has 0 saturated heterocycles. The third-order valence-electron chi connectivity index (χ3n) is 4.40. The summed E-state index contributed by atoms with van der Waals surface area (Å²) in [7, 11) is 3.51. The SMILES string of the molecule is CO[C@@H](C)c1nc(CN(C)C(=O)[C@@H]2NCCc3ccccc32)cs1. The number of amides is 1. The van der Waals surface area contributed by atoms with Crippen LogP contribution >= 0.6 is 11.3 Å². The quantitative estimate of drug-likeness (QED) is 0.905. The second-order valence-electron chi connectivity index (χ2n) is 6.09. The van der Waals surface area contributed by atoms with Crippen LogP contribution in [0, 0.1) is 0 Å². The molecule has 1 aliphatic rings. The van der Waals surface area contributed by atoms with Gasteiger partial charge in [-0.3, -0.25) is 4.79 Å². The Morgan fingerprint density at radius 2 is 2.29 bits per heavy atom. The number of hydrogen-bond acceptors (Lipinski definition) is 5. The van der Waals surface area contributed by atoms with Gasteiger partial charge in [0.05, 0.1) is 12.2 Å². The van der Waals surface area contributed by atoms with Crippen LogP contribution < -0.4 is 5.32 Å². The monoisotopic (exact) mass is 345 g/mol. The van der Waals surface area contributed by atoms with Crippen molar-refractivity contribution in [1.29, 1.82) is 0 Å². The number of methoxy groups -OCH3 is 1. The predicted molar refractivity (Wildman–Crippen MR) is 94.9 cm³/mol. The number of rotatable bonds is 5. The molecule has 1 amide bonds. The summed E-state index contributed by atoms with van der Waals surface area (Å²) in [6, 6.07) is 7.90. The molecule has 1 aromatic carbocycles. The van der Waals surface area contributed by atoms with E-state index in [0.29, 0.717) is 6.54 Å². The van der Waals surface area contributed by atoms with Crippen molar-refractivity contribution in [2.24, 2.45) is 0 Å². The largest absolute Gasteiger partial charge is 0.375 e. The van der Waals surface area contributed by atoms with Crippen LogP contribution in [0.5, 0.6) is 0 Å². The number of hydrogen-bond donors (Lipinski definition) is 1. The number of carbonyl (C=O) groups is 1. The van der Waals surface area contributed by atoms with Crippen molar-refractivity contribution in [3.63, 3.8) is 0 Å². The van der Waals surface area contributed by atoms with Gasteiger partial charge >= 0.3 is 0 Å². The Bertz CT molecular complexity index is 716. The number of nitrogens with zero attached hydrogens (tertiary/aromatic N) is 2. The van der Waals surface area contributed by atoms with E-state index >= 15 is 0 Å². The Balaban J connectivity index is 1.70. The van der Waals surface area contributed by atoms with E-state index in [0.717, 1.165) is 29.2 Å². The molecule has 3 rings (SSSR count). The van der Waals surface area contributed by atoms with Crippen LogP contribution in [0.4, 0.5) is 0 Å². The van der Waals surface area contributed by atoms with Gasteiger partial charge in [0.2, 0.25) is 5.91 Å². The summed E-state index contributed by atoms with van der Waals surface area (Å²) in [5, 5.41) is 6.28. The molecule has 2 heterocycles. The van der Waals surface area contributed by atoms with Gasteiger partial charge in [-0.2, -0.15) is 0 Å². The molecule has 0 fully saturated rings. The Kier molecular flexibility index (Phi) is 5.28. The third kappa shape index (κ3) is 3.50. The summed E-state index contributed by atoms with van der Waals surface area (Å²) in [6.45, 7) is 3.31. The summed E-state index contributed by atoms with van der Waals surface area (Å²) >= 11 is 1.57. The highest BCUT2D eigenvalue weighted by Gasteiger charge is 2.28. The first-order valence-corrected chi connectivity index (χ1v) is 9.01. The molecule has 0 bridgehead atoms. The van der Waals surface area contributed by atoms with Gasteiger partial charge in [0.25, 0.3) is 0 Å². The average molecular weight is 345 g/mol. The Morgan fingerprint density at radius 1 is 1.50 bits per heavy atom. The summed E-state index contributed by atoms with van der Waals surface area (Å²) in [6.07, 6.45) is 0.949. The number of thiazole rings is 1. The molecule has 1 N–H and O–H groups in total. The zero-order valence-electron chi connectivity index (χ0n) is 14.3. The van der Waals surface area contributed by atoms with Crippen molar-refractivity contribution < 1.29 is 9.53 Å². The molecule has 2 aromatic rings. The molecule has 0 aliphatic carbocycles. The second kappa shape index (κ2) is 7.42. The molecule has 0 saturated carbocycles. The van der Waals surface area contributed by atoms with Crippen LogP contribution in [0.15, 0.2) is 29.6 Å². The van der Waals surface area contributed by atoms with Crippen molar-refractivity contribution in [2.75, 3.05) is 20.7 Å². The van der Waals surface area contributed by atoms with Crippen LogP contribution in [0.25, 0.3) is 0 Å². The fourth-order valence-electron chi connectivity index (χ4n) is 2.95. The van der Waals surface area contributed by atoms with Gasteiger partial charge in [-0.15, -0.1) is 11.3 Å². The van der Waals surface area contributed by atoms with Crippen LogP contribution in [0.2, 0.25) is 0 Å². The van der Waals surface area contributed by atoms with E-state index in [-0.39, 0.29) is 18.1 Å². The van der Waals surface area contributed by atoms with Gasteiger partial charge in [0.1, 0.15) is 17.2 Å². The minimum atomic E-state index is -0.268. The first-order chi connectivity index (χ1) is 11.6. The molecule has 0 unspecified atom stereocenters. The lowest BCUT2D eigenvalue weighted by Crippen LogP contribution is -2.42. The lowest BCUT2D eigenvalue weighted by molar-refractivity contribution is -0.133. The number of fused-ring (bicyclic) bond motifs is 1. The van der Waals surface area contributed by atoms with Crippen LogP contribution in [-0.4, -0.2) is 36.5 Å². The lowest BCUT2D eigenvalue weighted by Gasteiger charge is -2.29. The number of carbonyl (C=O) groups excluding carboxylic acids is 1. The predicted octanol–water partition coefficient (Wildman–Crippen LogP) is 2.70. The smallest absolute Gasteiger partial charge is 0.244 e. The Morgan fingerprint density at radius 3 is 3.08 bits per heavy atom. The van der Waals surface area contributed by atoms with E-state index in [1.54, 1.807) is 23.3 Å². The van der Waals surface area contributed by atoms with E-state index in [1.165, 1.54) is 5.56 Å². The second-order valence-corrected chi connectivity index (χ2v) is 6.97. The highest BCUT2D eigenvalue weighted by molar-refractivity contribution is 7.09. The minimum Gasteiger partial charge on any atom is -0.375 e. The maximum absolute atomic E-state index is 12.9. The topological polar surface area (TPSA) is 54.5 Å². The van der Waals surface area contributed by atoms with Crippen molar-refractivity contribution in [1.82, 2.24) is 15.2 Å². The first kappa shape index (κ1) is 17.1. The molecule has 0 spiro atoms. The van der Waals surface area contributed by atoms with Gasteiger partial charge in [0, 0.05) is 26.1 Å². The van der Waals surface area contributed by atoms with Crippen LogP contribution in [0.1, 0.15) is 40.9 Å². The lowest BCUT2D eigenvalue weighted by atomic mass is 9.93. The maximum Gasteiger partial charge on any atom is 0.244 e. The van der Waals surface area contributed by atoms with E-state index in [1.807, 2.05) is 37.6 Å². The maximum atomic E-state index is 12.9. The molecule has 1 aliphatic heterocycles. The van der Waals surface area contributed by atoms with E-state index in [2.05, 4.69) is 16.4 Å². The first-order valence-electron chi connectivity index (χ1n) is 8.13. The molecule has 2 atom stereocenters. The zero-order valence-corrected chi connectivity index (χ0v) is 15.1. The van der Waals surface area contributed by atoms with Crippen molar-refractivity contribution in [2.45, 2.75) is 32.0 Å². The Labute approximate surface area is 146 Å². The average Bonchev–Trinajstić information content (AvgIpc) is 3.08. The van der Waals surface area contributed by atoms with E-state index < -0.39 is 0 Å². The molecule has 6 heteroatoms.